The second-order valence-electron chi connectivity index (χ2n) is 28.5. The van der Waals surface area contributed by atoms with Gasteiger partial charge in [-0.1, -0.05) is 350 Å². The molecule has 19 heteroatoms. The summed E-state index contributed by atoms with van der Waals surface area (Å²) in [5.74, 6) is -0.597. The van der Waals surface area contributed by atoms with Crippen molar-refractivity contribution in [2.75, 3.05) is 39.6 Å². The summed E-state index contributed by atoms with van der Waals surface area (Å²) in [6, 6.07) is 0. The number of esters is 4. The molecule has 0 aromatic rings. The number of phosphoric acid groups is 2. The van der Waals surface area contributed by atoms with Gasteiger partial charge in [0.05, 0.1) is 26.4 Å². The molecule has 0 aliphatic carbocycles. The van der Waals surface area contributed by atoms with Crippen LogP contribution in [0.5, 0.6) is 0 Å². The zero-order chi connectivity index (χ0) is 70.7. The number of rotatable bonds is 76. The third-order valence-corrected chi connectivity index (χ3v) is 20.2. The second-order valence-corrected chi connectivity index (χ2v) is 31.4. The molecule has 0 amide bonds. The van der Waals surface area contributed by atoms with Crippen LogP contribution in [0.1, 0.15) is 401 Å². The lowest BCUT2D eigenvalue weighted by Gasteiger charge is -2.21. The Hall–Kier alpha value is -1.94. The van der Waals surface area contributed by atoms with Gasteiger partial charge in [0.25, 0.3) is 0 Å². The van der Waals surface area contributed by atoms with Gasteiger partial charge in [0, 0.05) is 25.7 Å². The highest BCUT2D eigenvalue weighted by molar-refractivity contribution is 7.47. The van der Waals surface area contributed by atoms with Gasteiger partial charge in [-0.25, -0.2) is 9.13 Å². The SMILES string of the molecule is CCCCCCCCCCCCCCCCCCCCCCCC(=O)O[C@H](COC(=O)CCCCCCCCCCCCCCCCCC(C)C)COP(=O)(O)OC[C@@H](O)COP(=O)(O)OC[C@@H](COC(=O)CCCCCCCCC)OC(=O)CCCCCCCCC(C)CC. The third-order valence-electron chi connectivity index (χ3n) is 18.3. The van der Waals surface area contributed by atoms with Crippen LogP contribution in [0.25, 0.3) is 0 Å². The van der Waals surface area contributed by atoms with Crippen molar-refractivity contribution in [3.8, 4) is 0 Å². The molecular formula is C77H150O17P2. The van der Waals surface area contributed by atoms with Crippen molar-refractivity contribution >= 4 is 39.5 Å². The molecule has 6 atom stereocenters. The summed E-state index contributed by atoms with van der Waals surface area (Å²) in [7, 11) is -9.90. The highest BCUT2D eigenvalue weighted by Crippen LogP contribution is 2.45. The summed E-state index contributed by atoms with van der Waals surface area (Å²) in [5.41, 5.74) is 0. The minimum atomic E-state index is -4.96. The average Bonchev–Trinajstić information content (AvgIpc) is 3.77. The molecule has 570 valence electrons. The largest absolute Gasteiger partial charge is 0.472 e. The molecule has 0 aliphatic rings. The van der Waals surface area contributed by atoms with Crippen molar-refractivity contribution < 1.29 is 80.2 Å². The molecule has 0 fully saturated rings. The van der Waals surface area contributed by atoms with Crippen molar-refractivity contribution in [2.24, 2.45) is 11.8 Å². The van der Waals surface area contributed by atoms with E-state index in [2.05, 4.69) is 41.5 Å². The lowest BCUT2D eigenvalue weighted by Crippen LogP contribution is -2.30. The van der Waals surface area contributed by atoms with Gasteiger partial charge in [-0.2, -0.15) is 0 Å². The zero-order valence-corrected chi connectivity index (χ0v) is 64.5. The molecule has 0 bridgehead atoms. The number of ether oxygens (including phenoxy) is 4. The average molecular weight is 1410 g/mol. The van der Waals surface area contributed by atoms with Gasteiger partial charge in [-0.15, -0.1) is 0 Å². The first-order chi connectivity index (χ1) is 46.4. The summed E-state index contributed by atoms with van der Waals surface area (Å²) >= 11 is 0. The van der Waals surface area contributed by atoms with E-state index < -0.39 is 97.5 Å². The van der Waals surface area contributed by atoms with Gasteiger partial charge in [0.1, 0.15) is 19.3 Å². The van der Waals surface area contributed by atoms with Crippen molar-refractivity contribution in [2.45, 2.75) is 419 Å². The van der Waals surface area contributed by atoms with Crippen LogP contribution in [0.3, 0.4) is 0 Å². The van der Waals surface area contributed by atoms with E-state index in [0.29, 0.717) is 25.7 Å². The summed E-state index contributed by atoms with van der Waals surface area (Å²) in [6.45, 7) is 9.53. The Morgan fingerprint density at radius 2 is 0.531 bits per heavy atom. The molecule has 3 unspecified atom stereocenters. The van der Waals surface area contributed by atoms with Gasteiger partial charge < -0.3 is 33.8 Å². The minimum Gasteiger partial charge on any atom is -0.462 e. The molecule has 0 radical (unpaired) electrons. The summed E-state index contributed by atoms with van der Waals surface area (Å²) in [6.07, 6.45) is 57.3. The topological polar surface area (TPSA) is 237 Å². The number of aliphatic hydroxyl groups is 1. The highest BCUT2D eigenvalue weighted by atomic mass is 31.2. The first-order valence-corrected chi connectivity index (χ1v) is 43.0. The van der Waals surface area contributed by atoms with Crippen LogP contribution in [0.2, 0.25) is 0 Å². The fraction of sp³-hybridized carbons (Fsp3) is 0.948. The fourth-order valence-electron chi connectivity index (χ4n) is 11.8. The lowest BCUT2D eigenvalue weighted by atomic mass is 10.00. The molecule has 3 N–H and O–H groups in total. The predicted octanol–water partition coefficient (Wildman–Crippen LogP) is 22.7. The van der Waals surface area contributed by atoms with E-state index in [4.69, 9.17) is 37.0 Å². The molecule has 0 aliphatic heterocycles. The maximum atomic E-state index is 13.1. The molecular weight excluding hydrogens is 1260 g/mol. The standard InChI is InChI=1S/C77H150O17P2/c1-7-10-12-14-16-17-18-19-20-21-22-23-24-25-28-32-35-38-42-49-55-61-76(81)93-72(66-88-75(80)60-54-48-41-37-34-31-29-26-27-30-33-36-40-45-51-57-69(4)5)67-91-95(83,84)89-63-71(78)64-90-96(85,86)92-68-73(65-87-74(79)59-53-47-39-15-13-11-8-2)94-77(82)62-56-50-44-43-46-52-58-70(6)9-3/h69-73,78H,7-68H2,1-6H3,(H,83,84)(H,85,86)/t70?,71-,72-,73-/m1/s1. The summed E-state index contributed by atoms with van der Waals surface area (Å²) < 4.78 is 68.4. The number of hydrogen-bond acceptors (Lipinski definition) is 15. The van der Waals surface area contributed by atoms with E-state index in [1.54, 1.807) is 0 Å². The van der Waals surface area contributed by atoms with Gasteiger partial charge >= 0.3 is 39.5 Å². The Morgan fingerprint density at radius 1 is 0.302 bits per heavy atom. The van der Waals surface area contributed by atoms with Gasteiger partial charge in [-0.3, -0.25) is 37.3 Å². The van der Waals surface area contributed by atoms with Crippen LogP contribution in [-0.2, 0) is 65.4 Å². The number of carbonyl (C=O) groups excluding carboxylic acids is 4. The monoisotopic (exact) mass is 1410 g/mol. The first-order valence-electron chi connectivity index (χ1n) is 40.0. The minimum absolute atomic E-state index is 0.103. The first kappa shape index (κ1) is 94.1. The number of hydrogen-bond donors (Lipinski definition) is 3. The molecule has 96 heavy (non-hydrogen) atoms. The molecule has 0 heterocycles. The Morgan fingerprint density at radius 3 is 0.792 bits per heavy atom. The Bertz CT molecular complexity index is 1860. The van der Waals surface area contributed by atoms with Crippen LogP contribution >= 0.6 is 15.6 Å². The normalized spacial score (nSPS) is 14.3. The molecule has 17 nitrogen and oxygen atoms in total. The van der Waals surface area contributed by atoms with Crippen LogP contribution in [0, 0.1) is 11.8 Å². The van der Waals surface area contributed by atoms with Gasteiger partial charge in [0.2, 0.25) is 0 Å². The van der Waals surface area contributed by atoms with Crippen LogP contribution < -0.4 is 0 Å². The van der Waals surface area contributed by atoms with Crippen LogP contribution in [0.4, 0.5) is 0 Å². The molecule has 0 aromatic heterocycles. The summed E-state index contributed by atoms with van der Waals surface area (Å²) in [4.78, 5) is 72.6. The van der Waals surface area contributed by atoms with Gasteiger partial charge in [-0.05, 0) is 37.5 Å². The number of aliphatic hydroxyl groups excluding tert-OH is 1. The zero-order valence-electron chi connectivity index (χ0n) is 62.7. The number of phosphoric ester groups is 2. The van der Waals surface area contributed by atoms with Crippen molar-refractivity contribution in [1.82, 2.24) is 0 Å². The van der Waals surface area contributed by atoms with E-state index in [1.165, 1.54) is 205 Å². The van der Waals surface area contributed by atoms with E-state index in [9.17, 15) is 43.2 Å². The number of carbonyl (C=O) groups is 4. The van der Waals surface area contributed by atoms with Crippen LogP contribution in [0.15, 0.2) is 0 Å². The summed E-state index contributed by atoms with van der Waals surface area (Å²) in [5, 5.41) is 10.6. The van der Waals surface area contributed by atoms with Gasteiger partial charge in [0.15, 0.2) is 12.2 Å². The van der Waals surface area contributed by atoms with E-state index in [0.717, 1.165) is 115 Å². The molecule has 0 rings (SSSR count). The smallest absolute Gasteiger partial charge is 0.462 e. The molecule has 0 aromatic carbocycles. The molecule has 0 spiro atoms. The Balaban J connectivity index is 5.15. The lowest BCUT2D eigenvalue weighted by molar-refractivity contribution is -0.161. The molecule has 0 saturated carbocycles. The van der Waals surface area contributed by atoms with E-state index >= 15 is 0 Å². The highest BCUT2D eigenvalue weighted by Gasteiger charge is 2.30. The Labute approximate surface area is 588 Å². The van der Waals surface area contributed by atoms with E-state index in [1.807, 2.05) is 0 Å². The predicted molar refractivity (Wildman–Crippen MR) is 391 cm³/mol. The quantitative estimate of drug-likeness (QED) is 0.0222. The van der Waals surface area contributed by atoms with Crippen LogP contribution in [-0.4, -0.2) is 96.7 Å². The van der Waals surface area contributed by atoms with Crippen molar-refractivity contribution in [3.63, 3.8) is 0 Å². The third kappa shape index (κ3) is 69.2. The van der Waals surface area contributed by atoms with Crippen molar-refractivity contribution in [1.29, 1.82) is 0 Å². The maximum Gasteiger partial charge on any atom is 0.472 e. The Kier molecular flexibility index (Phi) is 67.4. The van der Waals surface area contributed by atoms with Crippen molar-refractivity contribution in [3.05, 3.63) is 0 Å². The second kappa shape index (κ2) is 68.8. The fourth-order valence-corrected chi connectivity index (χ4v) is 13.4. The molecule has 0 saturated heterocycles. The van der Waals surface area contributed by atoms with E-state index in [-0.39, 0.29) is 25.7 Å². The number of unbranched alkanes of at least 4 members (excludes halogenated alkanes) is 45. The maximum absolute atomic E-state index is 13.1.